The van der Waals surface area contributed by atoms with Crippen LogP contribution in [0.25, 0.3) is 0 Å². The van der Waals surface area contributed by atoms with E-state index in [1.165, 1.54) is 161 Å². The maximum absolute atomic E-state index is 12.9. The van der Waals surface area contributed by atoms with E-state index in [-0.39, 0.29) is 31.6 Å². The zero-order valence-electron chi connectivity index (χ0n) is 49.7. The topological polar surface area (TPSA) is 78.9 Å². The summed E-state index contributed by atoms with van der Waals surface area (Å²) in [6.45, 7) is 6.47. The normalized spacial score (nSPS) is 12.8. The van der Waals surface area contributed by atoms with Crippen LogP contribution in [0.1, 0.15) is 297 Å². The Kier molecular flexibility index (Phi) is 60.3. The van der Waals surface area contributed by atoms with E-state index in [0.29, 0.717) is 19.3 Å². The molecule has 0 aliphatic carbocycles. The third kappa shape index (κ3) is 60.9. The summed E-state index contributed by atoms with van der Waals surface area (Å²) in [5.41, 5.74) is 0. The van der Waals surface area contributed by atoms with Crippen molar-refractivity contribution in [2.45, 2.75) is 303 Å². The number of allylic oxidation sites excluding steroid dienone is 18. The van der Waals surface area contributed by atoms with Gasteiger partial charge < -0.3 is 14.2 Å². The molecule has 434 valence electrons. The molecule has 0 heterocycles. The van der Waals surface area contributed by atoms with E-state index in [1.807, 2.05) is 6.08 Å². The van der Waals surface area contributed by atoms with Crippen LogP contribution in [0.3, 0.4) is 0 Å². The first-order valence-electron chi connectivity index (χ1n) is 31.9. The van der Waals surface area contributed by atoms with Gasteiger partial charge in [-0.2, -0.15) is 0 Å². The van der Waals surface area contributed by atoms with Crippen LogP contribution in [0.4, 0.5) is 0 Å². The third-order valence-electron chi connectivity index (χ3n) is 13.5. The highest BCUT2D eigenvalue weighted by atomic mass is 16.6. The quantitative estimate of drug-likeness (QED) is 0.0261. The van der Waals surface area contributed by atoms with E-state index >= 15 is 0 Å². The van der Waals surface area contributed by atoms with E-state index in [2.05, 4.69) is 124 Å². The summed E-state index contributed by atoms with van der Waals surface area (Å²) in [4.78, 5) is 38.3. The fraction of sp³-hybridized carbons (Fsp3) is 0.700. The van der Waals surface area contributed by atoms with Gasteiger partial charge >= 0.3 is 17.9 Å². The monoisotopic (exact) mass is 1050 g/mol. The summed E-state index contributed by atoms with van der Waals surface area (Å²) < 4.78 is 16.8. The minimum Gasteiger partial charge on any atom is -0.462 e. The average molecular weight is 1060 g/mol. The molecule has 0 aromatic rings. The Morgan fingerprint density at radius 1 is 0.276 bits per heavy atom. The Bertz CT molecular complexity index is 1540. The minimum atomic E-state index is -0.821. The van der Waals surface area contributed by atoms with Crippen molar-refractivity contribution in [2.24, 2.45) is 0 Å². The zero-order chi connectivity index (χ0) is 55.0. The highest BCUT2D eigenvalue weighted by molar-refractivity contribution is 5.71. The second-order valence-corrected chi connectivity index (χ2v) is 20.9. The molecule has 0 fully saturated rings. The van der Waals surface area contributed by atoms with Gasteiger partial charge in [-0.05, 0) is 96.3 Å². The highest BCUT2D eigenvalue weighted by Gasteiger charge is 2.19. The van der Waals surface area contributed by atoms with E-state index in [9.17, 15) is 14.4 Å². The molecule has 0 aromatic carbocycles. The molecule has 1 unspecified atom stereocenters. The second kappa shape index (κ2) is 63.6. The van der Waals surface area contributed by atoms with Crippen molar-refractivity contribution >= 4 is 17.9 Å². The number of ether oxygens (including phenoxy) is 3. The Labute approximate surface area is 470 Å². The van der Waals surface area contributed by atoms with Crippen molar-refractivity contribution in [1.29, 1.82) is 0 Å². The number of unbranched alkanes of at least 4 members (excludes halogenated alkanes) is 28. The lowest BCUT2D eigenvalue weighted by atomic mass is 10.0. The Morgan fingerprint density at radius 3 is 0.855 bits per heavy atom. The lowest BCUT2D eigenvalue weighted by Crippen LogP contribution is -2.30. The first-order chi connectivity index (χ1) is 37.5. The molecule has 0 saturated heterocycles. The van der Waals surface area contributed by atoms with E-state index in [1.54, 1.807) is 0 Å². The molecular formula is C70H118O6. The minimum absolute atomic E-state index is 0.108. The van der Waals surface area contributed by atoms with Crippen molar-refractivity contribution < 1.29 is 28.6 Å². The molecule has 0 spiro atoms. The standard InChI is InChI=1S/C70H118O6/c1-4-7-10-13-16-19-22-25-28-30-32-33-34-35-36-37-39-40-42-45-48-51-54-57-60-63-69(72)75-66-67(65-74-68(71)62-59-56-53-50-47-44-27-24-21-18-15-12-9-6-3)76-70(73)64-61-58-55-52-49-46-43-41-38-31-29-26-23-20-17-14-11-8-5-2/h8,11,17,20,22,25-26,29-30,32,34-35,38,41,46,49,55,58,67H,4-7,9-10,12-16,18-19,21,23-24,27-28,31,33,36-37,39-40,42-45,47-48,50-54,56-57,59-66H2,1-3H3/b11-8-,20-17-,25-22-,29-26-,32-30-,35-34-,41-38-,49-46-,58-55-. The lowest BCUT2D eigenvalue weighted by Gasteiger charge is -2.18. The average Bonchev–Trinajstić information content (AvgIpc) is 3.42. The summed E-state index contributed by atoms with van der Waals surface area (Å²) >= 11 is 0. The van der Waals surface area contributed by atoms with Gasteiger partial charge in [0.05, 0.1) is 0 Å². The van der Waals surface area contributed by atoms with Crippen molar-refractivity contribution in [3.8, 4) is 0 Å². The van der Waals surface area contributed by atoms with Gasteiger partial charge in [0, 0.05) is 19.3 Å². The smallest absolute Gasteiger partial charge is 0.306 e. The molecule has 1 atom stereocenters. The number of esters is 3. The van der Waals surface area contributed by atoms with Gasteiger partial charge in [-0.3, -0.25) is 14.4 Å². The van der Waals surface area contributed by atoms with Gasteiger partial charge in [0.25, 0.3) is 0 Å². The Balaban J connectivity index is 4.43. The summed E-state index contributed by atoms with van der Waals surface area (Å²) in [5, 5.41) is 0. The van der Waals surface area contributed by atoms with Gasteiger partial charge in [-0.25, -0.2) is 0 Å². The number of carbonyl (C=O) groups excluding carboxylic acids is 3. The largest absolute Gasteiger partial charge is 0.462 e. The molecule has 0 aliphatic rings. The van der Waals surface area contributed by atoms with Gasteiger partial charge in [0.15, 0.2) is 6.10 Å². The van der Waals surface area contributed by atoms with Gasteiger partial charge in [0.2, 0.25) is 0 Å². The molecule has 76 heavy (non-hydrogen) atoms. The van der Waals surface area contributed by atoms with Crippen LogP contribution in [-0.4, -0.2) is 37.2 Å². The Morgan fingerprint density at radius 2 is 0.539 bits per heavy atom. The van der Waals surface area contributed by atoms with Crippen molar-refractivity contribution in [3.05, 3.63) is 109 Å². The molecule has 6 heteroatoms. The molecule has 0 rings (SSSR count). The van der Waals surface area contributed by atoms with Crippen LogP contribution in [0.5, 0.6) is 0 Å². The van der Waals surface area contributed by atoms with Crippen LogP contribution in [-0.2, 0) is 28.6 Å². The molecule has 0 radical (unpaired) electrons. The predicted octanol–water partition coefficient (Wildman–Crippen LogP) is 21.8. The maximum atomic E-state index is 12.9. The van der Waals surface area contributed by atoms with Crippen LogP contribution in [0, 0.1) is 0 Å². The molecule has 0 N–H and O–H groups in total. The number of hydrogen-bond donors (Lipinski definition) is 0. The first-order valence-corrected chi connectivity index (χ1v) is 31.9. The highest BCUT2D eigenvalue weighted by Crippen LogP contribution is 2.16. The summed E-state index contributed by atoms with van der Waals surface area (Å²) in [6, 6.07) is 0. The van der Waals surface area contributed by atoms with E-state index < -0.39 is 12.1 Å². The first kappa shape index (κ1) is 72.1. The summed E-state index contributed by atoms with van der Waals surface area (Å²) in [7, 11) is 0. The molecule has 6 nitrogen and oxygen atoms in total. The van der Waals surface area contributed by atoms with Crippen molar-refractivity contribution in [3.63, 3.8) is 0 Å². The van der Waals surface area contributed by atoms with E-state index in [4.69, 9.17) is 14.2 Å². The molecular weight excluding hydrogens is 937 g/mol. The maximum Gasteiger partial charge on any atom is 0.306 e. The number of rotatable bonds is 57. The zero-order valence-corrected chi connectivity index (χ0v) is 49.7. The molecule has 0 bridgehead atoms. The van der Waals surface area contributed by atoms with Crippen LogP contribution in [0.15, 0.2) is 109 Å². The van der Waals surface area contributed by atoms with Crippen molar-refractivity contribution in [2.75, 3.05) is 13.2 Å². The predicted molar refractivity (Wildman–Crippen MR) is 330 cm³/mol. The Hall–Kier alpha value is -3.93. The van der Waals surface area contributed by atoms with Crippen molar-refractivity contribution in [1.82, 2.24) is 0 Å². The second-order valence-electron chi connectivity index (χ2n) is 20.9. The molecule has 0 aromatic heterocycles. The van der Waals surface area contributed by atoms with Crippen LogP contribution in [0.2, 0.25) is 0 Å². The summed E-state index contributed by atoms with van der Waals surface area (Å²) in [6.07, 6.45) is 86.7. The lowest BCUT2D eigenvalue weighted by molar-refractivity contribution is -0.166. The molecule has 0 aliphatic heterocycles. The van der Waals surface area contributed by atoms with Crippen LogP contribution >= 0.6 is 0 Å². The fourth-order valence-corrected chi connectivity index (χ4v) is 8.77. The number of carbonyl (C=O) groups is 3. The third-order valence-corrected chi connectivity index (χ3v) is 13.5. The molecule has 0 saturated carbocycles. The molecule has 0 amide bonds. The van der Waals surface area contributed by atoms with E-state index in [0.717, 1.165) is 89.9 Å². The number of hydrogen-bond acceptors (Lipinski definition) is 6. The fourth-order valence-electron chi connectivity index (χ4n) is 8.77. The van der Waals surface area contributed by atoms with Crippen LogP contribution < -0.4 is 0 Å². The summed E-state index contributed by atoms with van der Waals surface area (Å²) in [5.74, 6) is -0.989. The van der Waals surface area contributed by atoms with Gasteiger partial charge in [-0.15, -0.1) is 0 Å². The van der Waals surface area contributed by atoms with Gasteiger partial charge in [0.1, 0.15) is 13.2 Å². The SMILES string of the molecule is CC/C=C\C/C=C\C/C=C\C/C=C\C/C=C\C/C=C\CCC(=O)OC(COC(=O)CCCCCCCCCCCC/C=C\C/C=C\C/C=C\CCCCCCC)COC(=O)CCCCCCCCCCCCCCCC. The van der Waals surface area contributed by atoms with Gasteiger partial charge in [-0.1, -0.05) is 291 Å².